The molecule has 3 nitrogen and oxygen atoms in total. The van der Waals surface area contributed by atoms with Gasteiger partial charge in [0.05, 0.1) is 0 Å². The zero-order valence-electron chi connectivity index (χ0n) is 16.5. The van der Waals surface area contributed by atoms with E-state index in [1.807, 2.05) is 0 Å². The summed E-state index contributed by atoms with van der Waals surface area (Å²) in [6.07, 6.45) is 5.12. The number of amidine groups is 1. The van der Waals surface area contributed by atoms with Crippen LogP contribution in [-0.2, 0) is 11.2 Å². The van der Waals surface area contributed by atoms with Crippen LogP contribution in [0.2, 0.25) is 0 Å². The molecule has 1 aliphatic rings. The van der Waals surface area contributed by atoms with E-state index in [-0.39, 0.29) is 0 Å². The third-order valence-electron chi connectivity index (χ3n) is 4.43. The Morgan fingerprint density at radius 1 is 1.24 bits per heavy atom. The summed E-state index contributed by atoms with van der Waals surface area (Å²) in [6.45, 7) is 8.15. The van der Waals surface area contributed by atoms with E-state index in [1.165, 1.54) is 19.9 Å². The molecule has 1 N–H and O–H groups in total. The van der Waals surface area contributed by atoms with Gasteiger partial charge in [-0.1, -0.05) is 30.8 Å². The van der Waals surface area contributed by atoms with Crippen molar-refractivity contribution in [1.82, 2.24) is 5.32 Å². The predicted octanol–water partition coefficient (Wildman–Crippen LogP) is 5.74. The van der Waals surface area contributed by atoms with Gasteiger partial charge < -0.3 is 9.87 Å². The Labute approximate surface area is 172 Å². The topological polar surface area (TPSA) is 47.5 Å². The average Bonchev–Trinajstić information content (AvgIpc) is 3.09. The first-order valence-electron chi connectivity index (χ1n) is 9.05. The van der Waals surface area contributed by atoms with E-state index >= 15 is 0 Å². The van der Waals surface area contributed by atoms with E-state index in [0.717, 1.165) is 5.57 Å². The number of allylic oxidation sites excluding steroid dienone is 1. The lowest BCUT2D eigenvalue weighted by molar-refractivity contribution is 0.319. The van der Waals surface area contributed by atoms with Gasteiger partial charge in [-0.25, -0.2) is 9.38 Å². The molecule has 0 saturated carbocycles. The smallest absolute Gasteiger partial charge is 0.262 e. The molecule has 0 aliphatic carbocycles. The molecule has 2 aromatic carbocycles. The summed E-state index contributed by atoms with van der Waals surface area (Å²) in [5.41, 5.74) is 2.88. The van der Waals surface area contributed by atoms with Crippen LogP contribution in [0.15, 0.2) is 83.0 Å². The molecule has 0 spiro atoms. The Morgan fingerprint density at radius 2 is 1.97 bits per heavy atom. The number of benzene rings is 2. The Kier molecular flexibility index (Phi) is 6.05. The summed E-state index contributed by atoms with van der Waals surface area (Å²) in [5.74, 6) is 0.180. The Balaban J connectivity index is 1.94. The van der Waals surface area contributed by atoms with Gasteiger partial charge in [-0.2, -0.15) is 4.39 Å². The van der Waals surface area contributed by atoms with E-state index in [0.29, 0.717) is 33.0 Å². The summed E-state index contributed by atoms with van der Waals surface area (Å²) >= 11 is -1.88. The van der Waals surface area contributed by atoms with Crippen molar-refractivity contribution in [2.24, 2.45) is 4.99 Å². The summed E-state index contributed by atoms with van der Waals surface area (Å²) in [6, 6.07) is 11.5. The van der Waals surface area contributed by atoms with E-state index in [2.05, 4.69) is 16.9 Å². The van der Waals surface area contributed by atoms with Crippen LogP contribution in [-0.4, -0.2) is 15.4 Å². The quantitative estimate of drug-likeness (QED) is 0.637. The molecule has 0 fully saturated rings. The van der Waals surface area contributed by atoms with Gasteiger partial charge in [0.1, 0.15) is 11.7 Å². The molecule has 1 aliphatic heterocycles. The summed E-state index contributed by atoms with van der Waals surface area (Å²) < 4.78 is 41.6. The molecule has 3 rings (SSSR count). The highest BCUT2D eigenvalue weighted by molar-refractivity contribution is 7.92. The van der Waals surface area contributed by atoms with Crippen molar-refractivity contribution in [2.45, 2.75) is 30.7 Å². The molecule has 0 amide bonds. The normalized spacial score (nSPS) is 17.0. The maximum atomic E-state index is 14.8. The molecule has 1 atom stereocenters. The van der Waals surface area contributed by atoms with Gasteiger partial charge in [-0.3, -0.25) is 0 Å². The third kappa shape index (κ3) is 4.66. The molecule has 150 valence electrons. The highest BCUT2D eigenvalue weighted by Crippen LogP contribution is 2.35. The van der Waals surface area contributed by atoms with Crippen LogP contribution in [0.5, 0.6) is 0 Å². The SMILES string of the molecule is C=C1C=CN/C1=N/C=C(\C)c1ccc(-c2ccccc2[S+]([O-])C(C)(C)F)cc1F. The Hall–Kier alpha value is -2.70. The summed E-state index contributed by atoms with van der Waals surface area (Å²) in [4.78, 5) is 4.64. The van der Waals surface area contributed by atoms with Crippen LogP contribution >= 0.6 is 0 Å². The monoisotopic (exact) mass is 412 g/mol. The molecular formula is C23H22F2N2OS. The molecule has 0 radical (unpaired) electrons. The van der Waals surface area contributed by atoms with Gasteiger partial charge in [0.15, 0.2) is 4.90 Å². The number of nitrogens with one attached hydrogen (secondary N) is 1. The van der Waals surface area contributed by atoms with Crippen LogP contribution in [0.25, 0.3) is 16.7 Å². The van der Waals surface area contributed by atoms with Crippen LogP contribution in [0, 0.1) is 5.82 Å². The number of halogens is 2. The van der Waals surface area contributed by atoms with Crippen LogP contribution in [0.1, 0.15) is 26.3 Å². The molecule has 29 heavy (non-hydrogen) atoms. The lowest BCUT2D eigenvalue weighted by atomic mass is 10.0. The minimum absolute atomic E-state index is 0.337. The second kappa shape index (κ2) is 8.35. The van der Waals surface area contributed by atoms with Crippen molar-refractivity contribution >= 4 is 22.6 Å². The molecule has 2 aromatic rings. The number of hydrogen-bond acceptors (Lipinski definition) is 2. The van der Waals surface area contributed by atoms with Gasteiger partial charge in [-0.15, -0.1) is 0 Å². The molecule has 1 heterocycles. The number of alkyl halides is 1. The largest absolute Gasteiger partial charge is 0.609 e. The maximum absolute atomic E-state index is 14.8. The van der Waals surface area contributed by atoms with Gasteiger partial charge in [-0.05, 0) is 42.3 Å². The zero-order chi connectivity index (χ0) is 21.2. The number of hydrogen-bond donors (Lipinski definition) is 1. The molecule has 6 heteroatoms. The first-order valence-corrected chi connectivity index (χ1v) is 10.2. The number of aliphatic imine (C=N–C) groups is 1. The molecule has 0 aromatic heterocycles. The number of nitrogens with zero attached hydrogens (tertiary/aromatic N) is 1. The van der Waals surface area contributed by atoms with Crippen molar-refractivity contribution in [3.05, 3.63) is 84.5 Å². The standard InChI is InChI=1S/C23H22F2N2OS/c1-15-11-12-26-22(15)27-14-16(2)18-10-9-17(13-20(18)24)19-7-5-6-8-21(19)29(28)23(3,4)25/h5-14H,1H2,2-4H3,(H,26,27)/b16-14+. The molecular weight excluding hydrogens is 390 g/mol. The first kappa shape index (κ1) is 21.0. The van der Waals surface area contributed by atoms with Crippen molar-refractivity contribution in [2.75, 3.05) is 0 Å². The Bertz CT molecular complexity index is 1040. The maximum Gasteiger partial charge on any atom is 0.262 e. The van der Waals surface area contributed by atoms with E-state index in [1.54, 1.807) is 61.8 Å². The van der Waals surface area contributed by atoms with Gasteiger partial charge in [0.25, 0.3) is 5.00 Å². The van der Waals surface area contributed by atoms with Gasteiger partial charge in [0, 0.05) is 54.1 Å². The van der Waals surface area contributed by atoms with Crippen molar-refractivity contribution in [3.8, 4) is 11.1 Å². The number of rotatable bonds is 5. The van der Waals surface area contributed by atoms with Crippen molar-refractivity contribution < 1.29 is 13.3 Å². The first-order chi connectivity index (χ1) is 13.7. The van der Waals surface area contributed by atoms with Gasteiger partial charge in [0.2, 0.25) is 0 Å². The van der Waals surface area contributed by atoms with E-state index < -0.39 is 22.0 Å². The fourth-order valence-electron chi connectivity index (χ4n) is 2.87. The highest BCUT2D eigenvalue weighted by Gasteiger charge is 2.35. The van der Waals surface area contributed by atoms with Crippen LogP contribution in [0.4, 0.5) is 8.78 Å². The molecule has 1 unspecified atom stereocenters. The van der Waals surface area contributed by atoms with Crippen molar-refractivity contribution in [3.63, 3.8) is 0 Å². The molecule has 0 bridgehead atoms. The van der Waals surface area contributed by atoms with Crippen LogP contribution < -0.4 is 5.32 Å². The minimum Gasteiger partial charge on any atom is -0.609 e. The lowest BCUT2D eigenvalue weighted by Crippen LogP contribution is -2.26. The highest BCUT2D eigenvalue weighted by atomic mass is 32.2. The lowest BCUT2D eigenvalue weighted by Gasteiger charge is -2.22. The summed E-state index contributed by atoms with van der Waals surface area (Å²) in [5, 5.41) is 1.06. The molecule has 0 saturated heterocycles. The second-order valence-corrected chi connectivity index (χ2v) is 9.06. The fourth-order valence-corrected chi connectivity index (χ4v) is 3.99. The summed E-state index contributed by atoms with van der Waals surface area (Å²) in [7, 11) is 0. The van der Waals surface area contributed by atoms with Crippen molar-refractivity contribution in [1.29, 1.82) is 0 Å². The van der Waals surface area contributed by atoms with Gasteiger partial charge >= 0.3 is 0 Å². The Morgan fingerprint density at radius 3 is 2.59 bits per heavy atom. The van der Waals surface area contributed by atoms with E-state index in [9.17, 15) is 13.3 Å². The fraction of sp³-hybridized carbons (Fsp3) is 0.174. The third-order valence-corrected chi connectivity index (χ3v) is 6.07. The zero-order valence-corrected chi connectivity index (χ0v) is 17.3. The van der Waals surface area contributed by atoms with Crippen LogP contribution in [0.3, 0.4) is 0 Å². The second-order valence-electron chi connectivity index (χ2n) is 7.12. The predicted molar refractivity (Wildman–Crippen MR) is 116 cm³/mol. The average molecular weight is 413 g/mol. The van der Waals surface area contributed by atoms with E-state index in [4.69, 9.17) is 0 Å². The minimum atomic E-state index is -1.90.